The monoisotopic (exact) mass is 542 g/mol. The molecule has 3 aliphatic rings. The Hall–Kier alpha value is -1.07. The maximum Gasteiger partial charge on any atom is 0.237 e. The summed E-state index contributed by atoms with van der Waals surface area (Å²) in [6, 6.07) is 6.71. The van der Waals surface area contributed by atoms with E-state index >= 15 is 0 Å². The van der Waals surface area contributed by atoms with Crippen molar-refractivity contribution in [1.29, 1.82) is 0 Å². The number of hydrogen-bond acceptors (Lipinski definition) is 8. The van der Waals surface area contributed by atoms with Crippen LogP contribution in [-0.2, 0) is 19.0 Å². The van der Waals surface area contributed by atoms with Crippen LogP contribution in [0.15, 0.2) is 24.3 Å². The lowest BCUT2D eigenvalue weighted by Gasteiger charge is -2.43. The van der Waals surface area contributed by atoms with E-state index in [4.69, 9.17) is 30.5 Å². The van der Waals surface area contributed by atoms with Gasteiger partial charge in [0.2, 0.25) is 5.91 Å². The standard InChI is InChI=1S/C26H39ClN2O6S/c1-6-7-15-12-18(29(3)13-15)24(31)28-19(14(2)27)21-23-22(20(30)26(35-21)36-5)33-25(34-23)16-8-10-17(32-4)11-9-16/h8-11,14-15,18-23,25-26,30H,6-7,12-13H2,1-5H3,(H,28,31). The first kappa shape index (κ1) is 28.0. The first-order valence-corrected chi connectivity index (χ1v) is 14.5. The molecule has 0 spiro atoms. The molecule has 3 fully saturated rings. The number of carbonyl (C=O) groups is 1. The highest BCUT2D eigenvalue weighted by Crippen LogP contribution is 2.42. The fourth-order valence-corrected chi connectivity index (χ4v) is 6.51. The van der Waals surface area contributed by atoms with Crippen molar-refractivity contribution < 1.29 is 28.8 Å². The van der Waals surface area contributed by atoms with Crippen molar-refractivity contribution in [2.24, 2.45) is 5.92 Å². The lowest BCUT2D eigenvalue weighted by Crippen LogP contribution is -2.64. The van der Waals surface area contributed by atoms with Gasteiger partial charge in [-0.15, -0.1) is 23.4 Å². The minimum absolute atomic E-state index is 0.0498. The number of alkyl halides is 1. The minimum atomic E-state index is -0.887. The molecule has 1 aromatic rings. The molecule has 0 aliphatic carbocycles. The summed E-state index contributed by atoms with van der Waals surface area (Å²) < 4.78 is 24.1. The Morgan fingerprint density at radius 1 is 1.28 bits per heavy atom. The molecule has 3 heterocycles. The molecule has 4 rings (SSSR count). The molecule has 2 N–H and O–H groups in total. The molecule has 0 aromatic heterocycles. The van der Waals surface area contributed by atoms with Gasteiger partial charge < -0.3 is 29.4 Å². The van der Waals surface area contributed by atoms with Crippen LogP contribution in [0.2, 0.25) is 0 Å². The average Bonchev–Trinajstić information content (AvgIpc) is 3.47. The summed E-state index contributed by atoms with van der Waals surface area (Å²) in [6.45, 7) is 4.94. The first-order chi connectivity index (χ1) is 17.3. The van der Waals surface area contributed by atoms with Crippen molar-refractivity contribution in [2.75, 3.05) is 27.0 Å². The summed E-state index contributed by atoms with van der Waals surface area (Å²) in [7, 11) is 3.61. The molecule has 1 amide bonds. The molecule has 10 heteroatoms. The molecular formula is C26H39ClN2O6S. The van der Waals surface area contributed by atoms with Gasteiger partial charge in [-0.05, 0) is 51.1 Å². The average molecular weight is 543 g/mol. The van der Waals surface area contributed by atoms with Gasteiger partial charge in [-0.3, -0.25) is 9.69 Å². The maximum atomic E-state index is 13.4. The topological polar surface area (TPSA) is 89.5 Å². The lowest BCUT2D eigenvalue weighted by atomic mass is 9.92. The van der Waals surface area contributed by atoms with E-state index in [0.717, 1.165) is 37.1 Å². The Morgan fingerprint density at radius 3 is 2.58 bits per heavy atom. The zero-order valence-electron chi connectivity index (χ0n) is 21.6. The van der Waals surface area contributed by atoms with Gasteiger partial charge >= 0.3 is 0 Å². The van der Waals surface area contributed by atoms with Crippen molar-refractivity contribution in [1.82, 2.24) is 10.2 Å². The van der Waals surface area contributed by atoms with Gasteiger partial charge in [0.25, 0.3) is 0 Å². The van der Waals surface area contributed by atoms with E-state index in [0.29, 0.717) is 5.92 Å². The number of methoxy groups -OCH3 is 1. The number of carbonyl (C=O) groups excluding carboxylic acids is 1. The number of likely N-dealkylation sites (tertiary alicyclic amines) is 1. The molecule has 10 atom stereocenters. The number of fused-ring (bicyclic) bond motifs is 1. The largest absolute Gasteiger partial charge is 0.497 e. The predicted octanol–water partition coefficient (Wildman–Crippen LogP) is 3.16. The fraction of sp³-hybridized carbons (Fsp3) is 0.731. The van der Waals surface area contributed by atoms with Gasteiger partial charge in [-0.2, -0.15) is 0 Å². The number of likely N-dealkylation sites (N-methyl/N-ethyl adjacent to an activating group) is 1. The molecule has 8 nitrogen and oxygen atoms in total. The Morgan fingerprint density at radius 2 is 1.97 bits per heavy atom. The van der Waals surface area contributed by atoms with Crippen LogP contribution in [0.4, 0.5) is 0 Å². The maximum absolute atomic E-state index is 13.4. The molecule has 0 bridgehead atoms. The summed E-state index contributed by atoms with van der Waals surface area (Å²) in [5, 5.41) is 13.7. The second kappa shape index (κ2) is 12.2. The van der Waals surface area contributed by atoms with Crippen molar-refractivity contribution in [3.8, 4) is 5.75 Å². The molecule has 3 saturated heterocycles. The van der Waals surface area contributed by atoms with E-state index in [-0.39, 0.29) is 11.9 Å². The number of hydrogen-bond donors (Lipinski definition) is 2. The molecule has 0 radical (unpaired) electrons. The quantitative estimate of drug-likeness (QED) is 0.460. The Balaban J connectivity index is 1.53. The summed E-state index contributed by atoms with van der Waals surface area (Å²) >= 11 is 8.06. The van der Waals surface area contributed by atoms with Crippen LogP contribution in [0.25, 0.3) is 0 Å². The Kier molecular flexibility index (Phi) is 9.47. The molecule has 3 aliphatic heterocycles. The molecule has 36 heavy (non-hydrogen) atoms. The second-order valence-corrected chi connectivity index (χ2v) is 11.7. The fourth-order valence-electron chi connectivity index (χ4n) is 5.63. The molecule has 202 valence electrons. The van der Waals surface area contributed by atoms with Crippen LogP contribution < -0.4 is 10.1 Å². The van der Waals surface area contributed by atoms with Crippen LogP contribution in [0, 0.1) is 5.92 Å². The number of nitrogens with zero attached hydrogens (tertiary/aromatic N) is 1. The van der Waals surface area contributed by atoms with E-state index in [1.165, 1.54) is 11.8 Å². The number of thioether (sulfide) groups is 1. The van der Waals surface area contributed by atoms with Gasteiger partial charge in [0.1, 0.15) is 35.6 Å². The van der Waals surface area contributed by atoms with Gasteiger partial charge in [-0.1, -0.05) is 25.5 Å². The van der Waals surface area contributed by atoms with Crippen molar-refractivity contribution in [3.05, 3.63) is 29.8 Å². The van der Waals surface area contributed by atoms with Crippen molar-refractivity contribution in [3.63, 3.8) is 0 Å². The summed E-state index contributed by atoms with van der Waals surface area (Å²) in [5.41, 5.74) is 0.276. The van der Waals surface area contributed by atoms with E-state index in [2.05, 4.69) is 17.1 Å². The molecule has 1 aromatic carbocycles. The first-order valence-electron chi connectivity index (χ1n) is 12.7. The minimum Gasteiger partial charge on any atom is -0.497 e. The molecular weight excluding hydrogens is 504 g/mol. The number of halogens is 1. The van der Waals surface area contributed by atoms with E-state index in [9.17, 15) is 9.90 Å². The Bertz CT molecular complexity index is 876. The van der Waals surface area contributed by atoms with Crippen LogP contribution in [0.1, 0.15) is 45.0 Å². The van der Waals surface area contributed by atoms with E-state index < -0.39 is 47.6 Å². The third kappa shape index (κ3) is 5.82. The zero-order chi connectivity index (χ0) is 26.0. The highest BCUT2D eigenvalue weighted by atomic mass is 35.5. The Labute approximate surface area is 223 Å². The molecule has 10 unspecified atom stereocenters. The van der Waals surface area contributed by atoms with Crippen LogP contribution >= 0.6 is 23.4 Å². The number of rotatable bonds is 9. The van der Waals surface area contributed by atoms with Crippen molar-refractivity contribution in [2.45, 2.75) is 86.7 Å². The number of ether oxygens (including phenoxy) is 4. The SMILES string of the molecule is CCCC1CC(C(=O)NC(C(C)Cl)C2OC(SC)C(O)C3OC(c4ccc(OC)cc4)OC32)N(C)C1. The van der Waals surface area contributed by atoms with Gasteiger partial charge in [0.15, 0.2) is 6.29 Å². The van der Waals surface area contributed by atoms with E-state index in [1.807, 2.05) is 44.5 Å². The second-order valence-electron chi connectivity index (χ2n) is 10.1. The number of nitrogens with one attached hydrogen (secondary N) is 1. The van der Waals surface area contributed by atoms with Gasteiger partial charge in [0.05, 0.1) is 24.6 Å². The summed E-state index contributed by atoms with van der Waals surface area (Å²) in [4.78, 5) is 15.5. The van der Waals surface area contributed by atoms with Crippen LogP contribution in [-0.4, -0.2) is 90.2 Å². The number of aliphatic hydroxyl groups excluding tert-OH is 1. The normalized spacial score (nSPS) is 36.3. The van der Waals surface area contributed by atoms with Crippen molar-refractivity contribution >= 4 is 29.3 Å². The number of amides is 1. The van der Waals surface area contributed by atoms with Gasteiger partial charge in [-0.25, -0.2) is 0 Å². The molecule has 0 saturated carbocycles. The third-order valence-electron chi connectivity index (χ3n) is 7.53. The van der Waals surface area contributed by atoms with E-state index in [1.54, 1.807) is 7.11 Å². The number of aliphatic hydroxyl groups is 1. The smallest absolute Gasteiger partial charge is 0.237 e. The van der Waals surface area contributed by atoms with Crippen LogP contribution in [0.5, 0.6) is 5.75 Å². The predicted molar refractivity (Wildman–Crippen MR) is 140 cm³/mol. The van der Waals surface area contributed by atoms with Gasteiger partial charge in [0, 0.05) is 12.1 Å². The highest BCUT2D eigenvalue weighted by Gasteiger charge is 2.55. The summed E-state index contributed by atoms with van der Waals surface area (Å²) in [6.07, 6.45) is 1.56. The van der Waals surface area contributed by atoms with Crippen LogP contribution in [0.3, 0.4) is 0 Å². The zero-order valence-corrected chi connectivity index (χ0v) is 23.2. The lowest BCUT2D eigenvalue weighted by molar-refractivity contribution is -0.167. The third-order valence-corrected chi connectivity index (χ3v) is 8.65. The number of benzene rings is 1. The summed E-state index contributed by atoms with van der Waals surface area (Å²) in [5.74, 6) is 1.20. The highest BCUT2D eigenvalue weighted by molar-refractivity contribution is 7.99.